The van der Waals surface area contributed by atoms with E-state index in [9.17, 15) is 9.59 Å². The van der Waals surface area contributed by atoms with Crippen LogP contribution in [-0.4, -0.2) is 16.9 Å². The van der Waals surface area contributed by atoms with Crippen molar-refractivity contribution >= 4 is 54.9 Å². The number of aromatic carboxylic acids is 1. The second-order valence-corrected chi connectivity index (χ2v) is 6.64. The lowest BCUT2D eigenvalue weighted by Gasteiger charge is -2.02. The van der Waals surface area contributed by atoms with Crippen LogP contribution in [0, 0.1) is 0 Å². The Bertz CT molecular complexity index is 615. The van der Waals surface area contributed by atoms with Crippen LogP contribution in [0.1, 0.15) is 25.6 Å². The molecule has 6 heteroatoms. The molecule has 0 bridgehead atoms. The van der Waals surface area contributed by atoms with Crippen LogP contribution < -0.4 is 0 Å². The molecule has 0 radical (unpaired) electrons. The van der Waals surface area contributed by atoms with Crippen LogP contribution in [0.5, 0.6) is 0 Å². The number of carboxylic acid groups (broad SMARTS) is 1. The van der Waals surface area contributed by atoms with Crippen LogP contribution in [0.15, 0.2) is 38.6 Å². The molecule has 0 amide bonds. The van der Waals surface area contributed by atoms with Gasteiger partial charge >= 0.3 is 5.97 Å². The van der Waals surface area contributed by atoms with Gasteiger partial charge in [-0.3, -0.25) is 4.79 Å². The van der Waals surface area contributed by atoms with E-state index in [-0.39, 0.29) is 16.9 Å². The van der Waals surface area contributed by atoms with Gasteiger partial charge in [-0.05, 0) is 44.0 Å². The zero-order valence-corrected chi connectivity index (χ0v) is 12.8. The third kappa shape index (κ3) is 2.55. The number of carboxylic acids is 1. The number of rotatable bonds is 3. The van der Waals surface area contributed by atoms with Crippen molar-refractivity contribution in [3.05, 3.63) is 54.6 Å². The van der Waals surface area contributed by atoms with Gasteiger partial charge in [0.15, 0.2) is 0 Å². The van der Waals surface area contributed by atoms with Crippen molar-refractivity contribution in [1.29, 1.82) is 0 Å². The summed E-state index contributed by atoms with van der Waals surface area (Å²) in [5.74, 6) is -1.39. The first-order chi connectivity index (χ1) is 8.50. The Kier molecular flexibility index (Phi) is 3.99. The number of benzene rings is 1. The van der Waals surface area contributed by atoms with E-state index in [1.54, 1.807) is 18.2 Å². The summed E-state index contributed by atoms with van der Waals surface area (Å²) in [5.41, 5.74) is 0.217. The molecule has 0 atom stereocenters. The van der Waals surface area contributed by atoms with Gasteiger partial charge in [-0.15, -0.1) is 11.3 Å². The minimum atomic E-state index is -1.10. The van der Waals surface area contributed by atoms with Crippen LogP contribution in [0.3, 0.4) is 0 Å². The molecule has 0 saturated heterocycles. The molecule has 1 aromatic carbocycles. The fourth-order valence-electron chi connectivity index (χ4n) is 1.46. The lowest BCUT2D eigenvalue weighted by Crippen LogP contribution is -2.08. The lowest BCUT2D eigenvalue weighted by molar-refractivity contribution is 0.0693. The second kappa shape index (κ2) is 5.34. The Hall–Kier alpha value is -0.980. The molecule has 0 fully saturated rings. The SMILES string of the molecule is O=C(O)c1ccccc1C(=O)c1cc(Br)c(Br)s1. The summed E-state index contributed by atoms with van der Waals surface area (Å²) < 4.78 is 1.59. The van der Waals surface area contributed by atoms with E-state index in [0.29, 0.717) is 4.88 Å². The molecule has 92 valence electrons. The molecule has 2 rings (SSSR count). The minimum Gasteiger partial charge on any atom is -0.478 e. The normalized spacial score (nSPS) is 10.3. The van der Waals surface area contributed by atoms with Gasteiger partial charge in [0.05, 0.1) is 14.2 Å². The highest BCUT2D eigenvalue weighted by Crippen LogP contribution is 2.33. The van der Waals surface area contributed by atoms with Gasteiger partial charge in [0.2, 0.25) is 5.78 Å². The summed E-state index contributed by atoms with van der Waals surface area (Å²) in [5, 5.41) is 9.05. The van der Waals surface area contributed by atoms with E-state index in [4.69, 9.17) is 5.11 Å². The highest BCUT2D eigenvalue weighted by atomic mass is 79.9. The van der Waals surface area contributed by atoms with E-state index < -0.39 is 5.97 Å². The third-order valence-electron chi connectivity index (χ3n) is 2.27. The number of ketones is 1. The topological polar surface area (TPSA) is 54.4 Å². The summed E-state index contributed by atoms with van der Waals surface area (Å²) in [6, 6.07) is 7.87. The zero-order valence-electron chi connectivity index (χ0n) is 8.81. The standard InChI is InChI=1S/C12H6Br2O3S/c13-8-5-9(18-11(8)14)10(15)6-3-1-2-4-7(6)12(16)17/h1-5H,(H,16,17). The molecule has 0 aliphatic heterocycles. The molecule has 3 nitrogen and oxygen atoms in total. The molecule has 1 heterocycles. The fraction of sp³-hybridized carbons (Fsp3) is 0. The molecular formula is C12H6Br2O3S. The molecule has 0 aliphatic rings. The predicted octanol–water partition coefficient (Wildman–Crippen LogP) is 4.20. The summed E-state index contributed by atoms with van der Waals surface area (Å²) >= 11 is 7.87. The largest absolute Gasteiger partial charge is 0.478 e. The van der Waals surface area contributed by atoms with Gasteiger partial charge in [-0.2, -0.15) is 0 Å². The van der Waals surface area contributed by atoms with E-state index in [0.717, 1.165) is 8.26 Å². The number of carbonyl (C=O) groups is 2. The van der Waals surface area contributed by atoms with Crippen molar-refractivity contribution in [2.24, 2.45) is 0 Å². The molecule has 0 aliphatic carbocycles. The van der Waals surface area contributed by atoms with Crippen molar-refractivity contribution in [3.63, 3.8) is 0 Å². The third-order valence-corrected chi connectivity index (χ3v) is 5.53. The monoisotopic (exact) mass is 388 g/mol. The van der Waals surface area contributed by atoms with Crippen molar-refractivity contribution in [1.82, 2.24) is 0 Å². The number of hydrogen-bond donors (Lipinski definition) is 1. The van der Waals surface area contributed by atoms with Crippen molar-refractivity contribution < 1.29 is 14.7 Å². The second-order valence-electron chi connectivity index (χ2n) is 3.41. The summed E-state index contributed by atoms with van der Waals surface area (Å²) in [4.78, 5) is 23.8. The quantitative estimate of drug-likeness (QED) is 0.800. The van der Waals surface area contributed by atoms with E-state index in [1.807, 2.05) is 0 Å². The first-order valence-corrected chi connectivity index (χ1v) is 7.23. The number of hydrogen-bond acceptors (Lipinski definition) is 3. The smallest absolute Gasteiger partial charge is 0.336 e. The average Bonchev–Trinajstić information content (AvgIpc) is 2.68. The maximum atomic E-state index is 12.2. The predicted molar refractivity (Wildman–Crippen MR) is 76.6 cm³/mol. The van der Waals surface area contributed by atoms with Crippen molar-refractivity contribution in [2.75, 3.05) is 0 Å². The van der Waals surface area contributed by atoms with Crippen LogP contribution in [0.2, 0.25) is 0 Å². The number of carbonyl (C=O) groups excluding carboxylic acids is 1. The van der Waals surface area contributed by atoms with E-state index >= 15 is 0 Å². The summed E-state index contributed by atoms with van der Waals surface area (Å²) in [6.45, 7) is 0. The summed E-state index contributed by atoms with van der Waals surface area (Å²) in [7, 11) is 0. The molecule has 2 aromatic rings. The number of halogens is 2. The molecule has 18 heavy (non-hydrogen) atoms. The van der Waals surface area contributed by atoms with Crippen molar-refractivity contribution in [2.45, 2.75) is 0 Å². The maximum absolute atomic E-state index is 12.2. The Morgan fingerprint density at radius 3 is 2.22 bits per heavy atom. The Morgan fingerprint density at radius 1 is 1.11 bits per heavy atom. The first kappa shape index (κ1) is 13.5. The Morgan fingerprint density at radius 2 is 1.72 bits per heavy atom. The van der Waals surface area contributed by atoms with Gasteiger partial charge < -0.3 is 5.11 Å². The van der Waals surface area contributed by atoms with Gasteiger partial charge in [-0.1, -0.05) is 18.2 Å². The van der Waals surface area contributed by atoms with E-state index in [2.05, 4.69) is 31.9 Å². The van der Waals surface area contributed by atoms with Gasteiger partial charge in [-0.25, -0.2) is 4.79 Å². The Labute approximate surface area is 124 Å². The van der Waals surface area contributed by atoms with E-state index in [1.165, 1.54) is 23.5 Å². The molecule has 0 unspecified atom stereocenters. The fourth-order valence-corrected chi connectivity index (χ4v) is 3.45. The molecular weight excluding hydrogens is 384 g/mol. The van der Waals surface area contributed by atoms with Gasteiger partial charge in [0, 0.05) is 10.0 Å². The highest BCUT2D eigenvalue weighted by Gasteiger charge is 2.19. The lowest BCUT2D eigenvalue weighted by atomic mass is 10.0. The summed E-state index contributed by atoms with van der Waals surface area (Å²) in [6.07, 6.45) is 0. The van der Waals surface area contributed by atoms with Gasteiger partial charge in [0.1, 0.15) is 0 Å². The molecule has 0 saturated carbocycles. The van der Waals surface area contributed by atoms with Crippen LogP contribution in [-0.2, 0) is 0 Å². The van der Waals surface area contributed by atoms with Crippen LogP contribution in [0.25, 0.3) is 0 Å². The van der Waals surface area contributed by atoms with Crippen molar-refractivity contribution in [3.8, 4) is 0 Å². The van der Waals surface area contributed by atoms with Crippen LogP contribution >= 0.6 is 43.2 Å². The number of thiophene rings is 1. The average molecular weight is 390 g/mol. The van der Waals surface area contributed by atoms with Gasteiger partial charge in [0.25, 0.3) is 0 Å². The highest BCUT2D eigenvalue weighted by molar-refractivity contribution is 9.13. The zero-order chi connectivity index (χ0) is 13.3. The molecule has 1 aromatic heterocycles. The minimum absolute atomic E-state index is 0.0168. The molecule has 0 spiro atoms. The first-order valence-electron chi connectivity index (χ1n) is 4.82. The van der Waals surface area contributed by atoms with Crippen LogP contribution in [0.4, 0.5) is 0 Å². The Balaban J connectivity index is 2.49. The maximum Gasteiger partial charge on any atom is 0.336 e. The molecule has 1 N–H and O–H groups in total.